The Hall–Kier alpha value is -0.170. The number of ether oxygens (including phenoxy) is 1. The zero-order chi connectivity index (χ0) is 12.8. The standard InChI is InChI=1S/C10H24N2O3S/c1-9(2)15-7-8-16(13,14)12(4)10(3)5-6-11/h9-10H,5-8,11H2,1-4H3. The van der Waals surface area contributed by atoms with Gasteiger partial charge in [-0.25, -0.2) is 12.7 Å². The van der Waals surface area contributed by atoms with Crippen molar-refractivity contribution in [1.82, 2.24) is 4.31 Å². The van der Waals surface area contributed by atoms with Crippen LogP contribution in [-0.2, 0) is 14.8 Å². The van der Waals surface area contributed by atoms with Gasteiger partial charge in [-0.15, -0.1) is 0 Å². The SMILES string of the molecule is CC(C)OCCS(=O)(=O)N(C)C(C)CCN. The van der Waals surface area contributed by atoms with Gasteiger partial charge in [-0.05, 0) is 33.7 Å². The minimum atomic E-state index is -3.22. The molecule has 5 nitrogen and oxygen atoms in total. The molecular formula is C10H24N2O3S. The lowest BCUT2D eigenvalue weighted by molar-refractivity contribution is 0.0906. The molecule has 1 unspecified atom stereocenters. The number of hydrogen-bond donors (Lipinski definition) is 1. The molecule has 0 aliphatic heterocycles. The van der Waals surface area contributed by atoms with Gasteiger partial charge in [0.2, 0.25) is 10.0 Å². The zero-order valence-corrected chi connectivity index (χ0v) is 11.5. The Morgan fingerprint density at radius 2 is 1.88 bits per heavy atom. The van der Waals surface area contributed by atoms with Crippen LogP contribution >= 0.6 is 0 Å². The molecule has 0 aromatic rings. The molecule has 0 aromatic carbocycles. The van der Waals surface area contributed by atoms with Gasteiger partial charge in [-0.2, -0.15) is 0 Å². The molecule has 0 saturated heterocycles. The van der Waals surface area contributed by atoms with E-state index in [9.17, 15) is 8.42 Å². The van der Waals surface area contributed by atoms with Crippen LogP contribution in [0.1, 0.15) is 27.2 Å². The molecule has 2 N–H and O–H groups in total. The summed E-state index contributed by atoms with van der Waals surface area (Å²) < 4.78 is 30.3. The van der Waals surface area contributed by atoms with Crippen molar-refractivity contribution in [1.29, 1.82) is 0 Å². The van der Waals surface area contributed by atoms with Crippen LogP contribution in [0.25, 0.3) is 0 Å². The van der Waals surface area contributed by atoms with Crippen molar-refractivity contribution in [3.05, 3.63) is 0 Å². The summed E-state index contributed by atoms with van der Waals surface area (Å²) in [6, 6.07) is -0.0611. The Kier molecular flexibility index (Phi) is 7.14. The van der Waals surface area contributed by atoms with Gasteiger partial charge in [0.15, 0.2) is 0 Å². The van der Waals surface area contributed by atoms with E-state index < -0.39 is 10.0 Å². The second kappa shape index (κ2) is 7.21. The maximum Gasteiger partial charge on any atom is 0.216 e. The maximum atomic E-state index is 11.8. The van der Waals surface area contributed by atoms with Gasteiger partial charge in [0.25, 0.3) is 0 Å². The van der Waals surface area contributed by atoms with E-state index in [1.807, 2.05) is 20.8 Å². The third kappa shape index (κ3) is 5.79. The average molecular weight is 252 g/mol. The van der Waals surface area contributed by atoms with E-state index in [0.29, 0.717) is 13.0 Å². The largest absolute Gasteiger partial charge is 0.378 e. The first-order valence-electron chi connectivity index (χ1n) is 5.58. The Labute approximate surface area is 99.0 Å². The van der Waals surface area contributed by atoms with Crippen LogP contribution in [-0.4, -0.2) is 50.8 Å². The molecule has 0 amide bonds. The van der Waals surface area contributed by atoms with Crippen molar-refractivity contribution in [3.8, 4) is 0 Å². The zero-order valence-electron chi connectivity index (χ0n) is 10.6. The highest BCUT2D eigenvalue weighted by Crippen LogP contribution is 2.07. The molecule has 0 fully saturated rings. The number of nitrogens with two attached hydrogens (primary N) is 1. The van der Waals surface area contributed by atoms with E-state index in [1.165, 1.54) is 4.31 Å². The number of hydrogen-bond acceptors (Lipinski definition) is 4. The van der Waals surface area contributed by atoms with Crippen LogP contribution < -0.4 is 5.73 Å². The van der Waals surface area contributed by atoms with Crippen molar-refractivity contribution >= 4 is 10.0 Å². The van der Waals surface area contributed by atoms with Gasteiger partial charge in [-0.3, -0.25) is 0 Å². The lowest BCUT2D eigenvalue weighted by Crippen LogP contribution is -2.38. The van der Waals surface area contributed by atoms with E-state index >= 15 is 0 Å². The molecule has 0 aromatic heterocycles. The van der Waals surface area contributed by atoms with Crippen LogP contribution in [0.5, 0.6) is 0 Å². The minimum absolute atomic E-state index is 0.0244. The second-order valence-electron chi connectivity index (χ2n) is 4.18. The Morgan fingerprint density at radius 3 is 2.31 bits per heavy atom. The number of nitrogens with zero attached hydrogens (tertiary/aromatic N) is 1. The molecule has 0 radical (unpaired) electrons. The number of rotatable bonds is 8. The van der Waals surface area contributed by atoms with Crippen molar-refractivity contribution in [3.63, 3.8) is 0 Å². The molecular weight excluding hydrogens is 228 g/mol. The molecule has 98 valence electrons. The molecule has 0 aliphatic rings. The summed E-state index contributed by atoms with van der Waals surface area (Å²) in [5, 5.41) is 0. The van der Waals surface area contributed by atoms with E-state index in [2.05, 4.69) is 0 Å². The topological polar surface area (TPSA) is 72.6 Å². The van der Waals surface area contributed by atoms with Crippen molar-refractivity contribution < 1.29 is 13.2 Å². The van der Waals surface area contributed by atoms with Crippen LogP contribution in [0, 0.1) is 0 Å². The monoisotopic (exact) mass is 252 g/mol. The minimum Gasteiger partial charge on any atom is -0.378 e. The highest BCUT2D eigenvalue weighted by atomic mass is 32.2. The number of sulfonamides is 1. The van der Waals surface area contributed by atoms with E-state index in [0.717, 1.165) is 0 Å². The first-order valence-corrected chi connectivity index (χ1v) is 7.19. The van der Waals surface area contributed by atoms with Gasteiger partial charge in [0.1, 0.15) is 0 Å². The van der Waals surface area contributed by atoms with Crippen LogP contribution in [0.15, 0.2) is 0 Å². The van der Waals surface area contributed by atoms with Crippen molar-refractivity contribution in [2.24, 2.45) is 5.73 Å². The quantitative estimate of drug-likeness (QED) is 0.679. The van der Waals surface area contributed by atoms with Crippen LogP contribution in [0.2, 0.25) is 0 Å². The summed E-state index contributed by atoms with van der Waals surface area (Å²) >= 11 is 0. The summed E-state index contributed by atoms with van der Waals surface area (Å²) in [7, 11) is -1.64. The molecule has 1 atom stereocenters. The summed E-state index contributed by atoms with van der Waals surface area (Å²) in [5.41, 5.74) is 5.40. The molecule has 0 rings (SSSR count). The van der Waals surface area contributed by atoms with Crippen LogP contribution in [0.3, 0.4) is 0 Å². The second-order valence-corrected chi connectivity index (χ2v) is 6.33. The first-order chi connectivity index (χ1) is 7.31. The fourth-order valence-electron chi connectivity index (χ4n) is 1.23. The Bertz CT molecular complexity index is 278. The molecule has 0 saturated carbocycles. The predicted molar refractivity (Wildman–Crippen MR) is 65.8 cm³/mol. The molecule has 16 heavy (non-hydrogen) atoms. The average Bonchev–Trinajstić information content (AvgIpc) is 2.16. The van der Waals surface area contributed by atoms with Gasteiger partial charge >= 0.3 is 0 Å². The summed E-state index contributed by atoms with van der Waals surface area (Å²) in [5.74, 6) is 0.0244. The molecule has 0 bridgehead atoms. The lowest BCUT2D eigenvalue weighted by Gasteiger charge is -2.24. The van der Waals surface area contributed by atoms with Crippen LogP contribution in [0.4, 0.5) is 0 Å². The highest BCUT2D eigenvalue weighted by Gasteiger charge is 2.22. The van der Waals surface area contributed by atoms with Crippen molar-refractivity contribution in [2.45, 2.75) is 39.3 Å². The summed E-state index contributed by atoms with van der Waals surface area (Å²) in [4.78, 5) is 0. The van der Waals surface area contributed by atoms with Gasteiger partial charge in [0, 0.05) is 13.1 Å². The van der Waals surface area contributed by atoms with Gasteiger partial charge in [-0.1, -0.05) is 0 Å². The van der Waals surface area contributed by atoms with Crippen molar-refractivity contribution in [2.75, 3.05) is 26.0 Å². The lowest BCUT2D eigenvalue weighted by atomic mass is 10.2. The maximum absolute atomic E-state index is 11.8. The molecule has 0 heterocycles. The Morgan fingerprint density at radius 1 is 1.31 bits per heavy atom. The van der Waals surface area contributed by atoms with E-state index in [4.69, 9.17) is 10.5 Å². The van der Waals surface area contributed by atoms with Gasteiger partial charge < -0.3 is 10.5 Å². The van der Waals surface area contributed by atoms with Gasteiger partial charge in [0.05, 0.1) is 18.5 Å². The Balaban J connectivity index is 4.20. The fourth-order valence-corrected chi connectivity index (χ4v) is 2.48. The molecule has 6 heteroatoms. The summed E-state index contributed by atoms with van der Waals surface area (Å²) in [6.45, 7) is 6.34. The van der Waals surface area contributed by atoms with E-state index in [1.54, 1.807) is 7.05 Å². The normalized spacial score (nSPS) is 14.7. The smallest absolute Gasteiger partial charge is 0.216 e. The predicted octanol–water partition coefficient (Wildman–Crippen LogP) is 0.410. The molecule has 0 spiro atoms. The van der Waals surface area contributed by atoms with E-state index in [-0.39, 0.29) is 24.5 Å². The third-order valence-electron chi connectivity index (χ3n) is 2.44. The highest BCUT2D eigenvalue weighted by molar-refractivity contribution is 7.89. The third-order valence-corrected chi connectivity index (χ3v) is 4.36. The summed E-state index contributed by atoms with van der Waals surface area (Å²) in [6.07, 6.45) is 0.725. The molecule has 0 aliphatic carbocycles. The fraction of sp³-hybridized carbons (Fsp3) is 1.00. The first kappa shape index (κ1) is 15.8.